The zero-order chi connectivity index (χ0) is 21.1. The molecule has 0 spiro atoms. The smallest absolute Gasteiger partial charge is 0.0788 e. The van der Waals surface area contributed by atoms with E-state index in [0.29, 0.717) is 41.4 Å². The molecule has 0 bridgehead atoms. The Morgan fingerprint density at radius 1 is 1.25 bits per heavy atom. The van der Waals surface area contributed by atoms with Gasteiger partial charge in [-0.15, -0.1) is 0 Å². The maximum atomic E-state index is 6.27. The number of nitrogens with zero attached hydrogens (tertiary/aromatic N) is 1. The van der Waals surface area contributed by atoms with E-state index >= 15 is 0 Å². The van der Waals surface area contributed by atoms with Crippen molar-refractivity contribution in [1.82, 2.24) is 5.32 Å². The molecule has 7 heteroatoms. The summed E-state index contributed by atoms with van der Waals surface area (Å²) >= 11 is 0. The van der Waals surface area contributed by atoms with Gasteiger partial charge in [0.05, 0.1) is 17.1 Å². The fourth-order valence-electron chi connectivity index (χ4n) is 2.74. The van der Waals surface area contributed by atoms with Crippen LogP contribution in [0.2, 0.25) is 0 Å². The average Bonchev–Trinajstić information content (AvgIpc) is 2.67. The van der Waals surface area contributed by atoms with E-state index in [-0.39, 0.29) is 0 Å². The lowest BCUT2D eigenvalue weighted by Crippen LogP contribution is -2.13. The van der Waals surface area contributed by atoms with Gasteiger partial charge in [0.2, 0.25) is 0 Å². The van der Waals surface area contributed by atoms with Gasteiger partial charge in [-0.3, -0.25) is 4.99 Å². The molecule has 0 radical (unpaired) electrons. The minimum absolute atomic E-state index is 0.408. The summed E-state index contributed by atoms with van der Waals surface area (Å²) in [5.74, 6) is 0. The molecule has 1 rings (SSSR count). The van der Waals surface area contributed by atoms with E-state index in [1.165, 1.54) is 18.0 Å². The highest BCUT2D eigenvalue weighted by Crippen LogP contribution is 2.34. The third-order valence-corrected chi connectivity index (χ3v) is 4.23. The van der Waals surface area contributed by atoms with Gasteiger partial charge in [0.15, 0.2) is 0 Å². The Kier molecular flexibility index (Phi) is 9.22. The molecule has 152 valence electrons. The predicted molar refractivity (Wildman–Crippen MR) is 124 cm³/mol. The van der Waals surface area contributed by atoms with Crippen molar-refractivity contribution >= 4 is 28.5 Å². The fraction of sp³-hybridized carbons (Fsp3) is 0.286. The van der Waals surface area contributed by atoms with Gasteiger partial charge in [-0.25, -0.2) is 0 Å². The normalized spacial score (nSPS) is 12.2. The third kappa shape index (κ3) is 6.42. The van der Waals surface area contributed by atoms with Crippen LogP contribution in [0.15, 0.2) is 60.0 Å². The summed E-state index contributed by atoms with van der Waals surface area (Å²) in [7, 11) is 1.84. The lowest BCUT2D eigenvalue weighted by atomic mass is 10.0. The summed E-state index contributed by atoms with van der Waals surface area (Å²) in [6.45, 7) is 10.3. The fourth-order valence-corrected chi connectivity index (χ4v) is 2.74. The van der Waals surface area contributed by atoms with Crippen LogP contribution in [0.3, 0.4) is 0 Å². The van der Waals surface area contributed by atoms with Crippen molar-refractivity contribution in [3.8, 4) is 0 Å². The number of aliphatic imine (C=N–C) groups is 1. The van der Waals surface area contributed by atoms with Crippen LogP contribution in [-0.2, 0) is 6.42 Å². The van der Waals surface area contributed by atoms with Crippen molar-refractivity contribution < 1.29 is 0 Å². The molecule has 28 heavy (non-hydrogen) atoms. The summed E-state index contributed by atoms with van der Waals surface area (Å²) in [6.07, 6.45) is 8.96. The Morgan fingerprint density at radius 3 is 2.54 bits per heavy atom. The number of hydrogen-bond acceptors (Lipinski definition) is 7. The van der Waals surface area contributed by atoms with Crippen LogP contribution in [0.4, 0.5) is 22.7 Å². The van der Waals surface area contributed by atoms with Gasteiger partial charge in [-0.05, 0) is 36.4 Å². The zero-order valence-corrected chi connectivity index (χ0v) is 16.9. The summed E-state index contributed by atoms with van der Waals surface area (Å²) in [5.41, 5.74) is 29.9. The van der Waals surface area contributed by atoms with Crippen LogP contribution in [0.25, 0.3) is 0 Å². The Morgan fingerprint density at radius 2 is 1.96 bits per heavy atom. The zero-order valence-electron chi connectivity index (χ0n) is 16.9. The van der Waals surface area contributed by atoms with Gasteiger partial charge in [0.25, 0.3) is 0 Å². The second-order valence-corrected chi connectivity index (χ2v) is 6.34. The maximum Gasteiger partial charge on any atom is 0.0788 e. The first kappa shape index (κ1) is 22.7. The molecule has 0 unspecified atom stereocenters. The van der Waals surface area contributed by atoms with Gasteiger partial charge in [0.1, 0.15) is 0 Å². The van der Waals surface area contributed by atoms with Crippen molar-refractivity contribution in [2.75, 3.05) is 36.1 Å². The lowest BCUT2D eigenvalue weighted by Gasteiger charge is -2.18. The number of nitrogens with two attached hydrogens (primary N) is 4. The molecule has 7 nitrogen and oxygen atoms in total. The number of nitrogens with one attached hydrogen (secondary N) is 2. The average molecular weight is 384 g/mol. The highest BCUT2D eigenvalue weighted by molar-refractivity contribution is 6.00. The molecule has 1 aromatic rings. The Balaban J connectivity index is 3.11. The number of rotatable bonds is 11. The van der Waals surface area contributed by atoms with E-state index < -0.39 is 0 Å². The summed E-state index contributed by atoms with van der Waals surface area (Å²) < 4.78 is 0. The Labute approximate surface area is 168 Å². The van der Waals surface area contributed by atoms with E-state index in [2.05, 4.69) is 35.7 Å². The SMILES string of the molecule is C=C/N=C(\C=C/N)Cc1c(N)cc(NC/C(=C/C(=C)NC)CCC)c(N)c1N. The van der Waals surface area contributed by atoms with Crippen molar-refractivity contribution in [3.63, 3.8) is 0 Å². The van der Waals surface area contributed by atoms with Crippen LogP contribution in [-0.4, -0.2) is 19.3 Å². The van der Waals surface area contributed by atoms with Gasteiger partial charge < -0.3 is 33.6 Å². The van der Waals surface area contributed by atoms with Crippen molar-refractivity contribution in [2.24, 2.45) is 10.7 Å². The summed E-state index contributed by atoms with van der Waals surface area (Å²) in [5, 5.41) is 6.37. The molecular formula is C21H33N7. The number of benzene rings is 1. The van der Waals surface area contributed by atoms with Crippen molar-refractivity contribution in [3.05, 3.63) is 60.6 Å². The van der Waals surface area contributed by atoms with Gasteiger partial charge in [0, 0.05) is 48.9 Å². The lowest BCUT2D eigenvalue weighted by molar-refractivity contribution is 0.879. The molecule has 0 saturated heterocycles. The molecule has 0 heterocycles. The number of hydrogen-bond donors (Lipinski definition) is 6. The molecule has 0 saturated carbocycles. The first-order valence-electron chi connectivity index (χ1n) is 9.19. The highest BCUT2D eigenvalue weighted by Gasteiger charge is 2.14. The second kappa shape index (κ2) is 11.4. The second-order valence-electron chi connectivity index (χ2n) is 6.34. The first-order valence-corrected chi connectivity index (χ1v) is 9.19. The number of nitrogen functional groups attached to an aromatic ring is 3. The van der Waals surface area contributed by atoms with Gasteiger partial charge in [-0.2, -0.15) is 0 Å². The van der Waals surface area contributed by atoms with E-state index in [9.17, 15) is 0 Å². The first-order chi connectivity index (χ1) is 13.4. The largest absolute Gasteiger partial charge is 0.405 e. The minimum Gasteiger partial charge on any atom is -0.405 e. The summed E-state index contributed by atoms with van der Waals surface area (Å²) in [6, 6.07) is 1.80. The quantitative estimate of drug-likeness (QED) is 0.197. The van der Waals surface area contributed by atoms with Crippen molar-refractivity contribution in [2.45, 2.75) is 26.2 Å². The van der Waals surface area contributed by atoms with E-state index in [0.717, 1.165) is 24.1 Å². The van der Waals surface area contributed by atoms with Crippen molar-refractivity contribution in [1.29, 1.82) is 0 Å². The van der Waals surface area contributed by atoms with Gasteiger partial charge >= 0.3 is 0 Å². The molecule has 0 amide bonds. The molecule has 0 aromatic heterocycles. The molecule has 0 fully saturated rings. The minimum atomic E-state index is 0.408. The van der Waals surface area contributed by atoms with Gasteiger partial charge in [-0.1, -0.05) is 26.5 Å². The topological polar surface area (TPSA) is 140 Å². The third-order valence-electron chi connectivity index (χ3n) is 4.23. The van der Waals surface area contributed by atoms with E-state index in [1.807, 2.05) is 13.1 Å². The molecule has 1 aromatic carbocycles. The van der Waals surface area contributed by atoms with E-state index in [1.54, 1.807) is 12.1 Å². The van der Waals surface area contributed by atoms with Crippen LogP contribution in [0.5, 0.6) is 0 Å². The maximum absolute atomic E-state index is 6.27. The molecule has 0 aliphatic rings. The Bertz CT molecular complexity index is 788. The van der Waals surface area contributed by atoms with Crippen LogP contribution < -0.4 is 33.6 Å². The number of anilines is 4. The highest BCUT2D eigenvalue weighted by atomic mass is 14.9. The van der Waals surface area contributed by atoms with E-state index in [4.69, 9.17) is 22.9 Å². The number of allylic oxidation sites excluding steroid dienone is 2. The molecule has 0 atom stereocenters. The van der Waals surface area contributed by atoms with Crippen LogP contribution >= 0.6 is 0 Å². The Hall–Kier alpha value is -3.35. The van der Waals surface area contributed by atoms with Crippen LogP contribution in [0, 0.1) is 0 Å². The standard InChI is InChI=1S/C21H33N7/c1-5-7-15(10-14(3)26-4)13-28-19-12-18(23)17(20(24)21(19)25)11-16(8-9-22)27-6-2/h6,8-10,12,26,28H,2-3,5,7,11,13,22-25H2,1,4H3/b9-8-,15-10+,27-16+. The molecular weight excluding hydrogens is 350 g/mol. The predicted octanol–water partition coefficient (Wildman–Crippen LogP) is 2.90. The monoisotopic (exact) mass is 383 g/mol. The molecule has 0 aliphatic heterocycles. The number of likely N-dealkylation sites (N-methyl/N-ethyl adjacent to an activating group) is 1. The summed E-state index contributed by atoms with van der Waals surface area (Å²) in [4.78, 5) is 4.18. The van der Waals surface area contributed by atoms with Crippen LogP contribution in [0.1, 0.15) is 25.3 Å². The molecule has 10 N–H and O–H groups in total. The molecule has 0 aliphatic carbocycles.